The molecule has 0 saturated carbocycles. The number of aliphatic imine (C=N–C) groups is 1. The highest BCUT2D eigenvalue weighted by atomic mass is 19.1. The maximum atomic E-state index is 15.6. The van der Waals surface area contributed by atoms with Crippen LogP contribution in [-0.2, 0) is 4.74 Å². The Morgan fingerprint density at radius 3 is 2.50 bits per heavy atom. The number of fused-ring (bicyclic) bond motifs is 1. The second-order valence-corrected chi connectivity index (χ2v) is 12.0. The Labute approximate surface area is 300 Å². The summed E-state index contributed by atoms with van der Waals surface area (Å²) in [5.41, 5.74) is 2.47. The van der Waals surface area contributed by atoms with Crippen LogP contribution in [0.5, 0.6) is 28.7 Å². The third-order valence-electron chi connectivity index (χ3n) is 8.38. The summed E-state index contributed by atoms with van der Waals surface area (Å²) in [5, 5.41) is 7.05. The van der Waals surface area contributed by atoms with Crippen LogP contribution in [0.4, 0.5) is 14.5 Å². The van der Waals surface area contributed by atoms with E-state index in [4.69, 9.17) is 28.4 Å². The van der Waals surface area contributed by atoms with Crippen LogP contribution in [0.25, 0.3) is 5.69 Å². The number of nitrogens with zero attached hydrogens (tertiary/aromatic N) is 4. The number of hydrogen-bond donors (Lipinski definition) is 1. The first-order valence-electron chi connectivity index (χ1n) is 17.1. The summed E-state index contributed by atoms with van der Waals surface area (Å²) < 4.78 is 66.1. The number of aromatic nitrogens is 2. The fraction of sp³-hybridized carbons (Fsp3) is 0.342. The Morgan fingerprint density at radius 2 is 1.77 bits per heavy atom. The lowest BCUT2D eigenvalue weighted by molar-refractivity contribution is 0.0357. The number of anilines is 1. The van der Waals surface area contributed by atoms with Crippen molar-refractivity contribution >= 4 is 17.5 Å². The Hall–Kier alpha value is -5.47. The zero-order chi connectivity index (χ0) is 36.6. The Morgan fingerprint density at radius 1 is 0.981 bits per heavy atom. The molecule has 0 atom stereocenters. The number of aryl methyl sites for hydroxylation is 2. The molecule has 274 valence electrons. The predicted molar refractivity (Wildman–Crippen MR) is 191 cm³/mol. The van der Waals surface area contributed by atoms with Gasteiger partial charge in [0.25, 0.3) is 5.91 Å². The number of carbonyl (C=O) groups is 1. The van der Waals surface area contributed by atoms with Gasteiger partial charge in [0.05, 0.1) is 43.9 Å². The van der Waals surface area contributed by atoms with Crippen molar-refractivity contribution in [2.24, 2.45) is 4.99 Å². The van der Waals surface area contributed by atoms with Gasteiger partial charge in [0.2, 0.25) is 11.6 Å². The molecular weight excluding hydrogens is 676 g/mol. The molecule has 12 nitrogen and oxygen atoms in total. The van der Waals surface area contributed by atoms with Crippen LogP contribution < -0.4 is 29.0 Å². The number of benzene rings is 3. The molecule has 0 radical (unpaired) electrons. The smallest absolute Gasteiger partial charge is 0.280 e. The fourth-order valence-electron chi connectivity index (χ4n) is 5.93. The zero-order valence-corrected chi connectivity index (χ0v) is 29.4. The lowest BCUT2D eigenvalue weighted by atomic mass is 10.0. The summed E-state index contributed by atoms with van der Waals surface area (Å²) in [5.74, 6) is -0.372. The average molecular weight is 718 g/mol. The number of nitrogens with one attached hydrogen (secondary N) is 1. The van der Waals surface area contributed by atoms with E-state index in [0.29, 0.717) is 52.8 Å². The molecule has 0 bridgehead atoms. The Balaban J connectivity index is 1.18. The van der Waals surface area contributed by atoms with Crippen LogP contribution in [0.2, 0.25) is 0 Å². The molecule has 2 aliphatic rings. The fourth-order valence-corrected chi connectivity index (χ4v) is 5.93. The predicted octanol–water partition coefficient (Wildman–Crippen LogP) is 6.26. The number of carbonyl (C=O) groups excluding carboxylic acids is 1. The molecule has 1 saturated heterocycles. The SMILES string of the molecule is C=C/N=C(/Oc1ccc(NC(=O)c2nn(-c3ccc(F)cc3C)cc2OCC)cc1F)c1c(C)cc(OCCCN2CCOCC2)c2c1OCCO2. The molecule has 3 heterocycles. The molecule has 1 aromatic heterocycles. The van der Waals surface area contributed by atoms with E-state index < -0.39 is 11.7 Å². The van der Waals surface area contributed by atoms with E-state index in [1.165, 1.54) is 41.3 Å². The van der Waals surface area contributed by atoms with Crippen LogP contribution in [0.3, 0.4) is 0 Å². The van der Waals surface area contributed by atoms with Crippen LogP contribution in [0.1, 0.15) is 40.5 Å². The Bertz CT molecular complexity index is 1960. The van der Waals surface area contributed by atoms with Crippen LogP contribution in [-0.4, -0.2) is 85.8 Å². The molecule has 1 fully saturated rings. The van der Waals surface area contributed by atoms with E-state index in [9.17, 15) is 9.18 Å². The van der Waals surface area contributed by atoms with Crippen LogP contribution in [0, 0.1) is 25.5 Å². The monoisotopic (exact) mass is 717 g/mol. The quantitative estimate of drug-likeness (QED) is 0.0972. The first kappa shape index (κ1) is 36.3. The largest absolute Gasteiger partial charge is 0.490 e. The topological polar surface area (TPSA) is 118 Å². The molecule has 1 N–H and O–H groups in total. The minimum Gasteiger partial charge on any atom is -0.490 e. The van der Waals surface area contributed by atoms with Gasteiger partial charge in [0.15, 0.2) is 34.5 Å². The summed E-state index contributed by atoms with van der Waals surface area (Å²) in [6, 6.07) is 10.0. The first-order valence-corrected chi connectivity index (χ1v) is 17.1. The lowest BCUT2D eigenvalue weighted by Gasteiger charge is -2.27. The molecule has 0 spiro atoms. The van der Waals surface area contributed by atoms with Gasteiger partial charge in [-0.3, -0.25) is 9.69 Å². The molecule has 1 amide bonds. The second-order valence-electron chi connectivity index (χ2n) is 12.0. The highest BCUT2D eigenvalue weighted by molar-refractivity contribution is 6.05. The van der Waals surface area contributed by atoms with E-state index in [1.54, 1.807) is 19.9 Å². The highest BCUT2D eigenvalue weighted by Gasteiger charge is 2.28. The van der Waals surface area contributed by atoms with Crippen molar-refractivity contribution < 1.29 is 42.0 Å². The van der Waals surface area contributed by atoms with Crippen molar-refractivity contribution in [2.45, 2.75) is 27.2 Å². The normalized spacial score (nSPS) is 14.5. The summed E-state index contributed by atoms with van der Waals surface area (Å²) in [6.07, 6.45) is 3.65. The molecule has 52 heavy (non-hydrogen) atoms. The van der Waals surface area contributed by atoms with E-state index in [2.05, 4.69) is 26.9 Å². The molecule has 3 aromatic carbocycles. The summed E-state index contributed by atoms with van der Waals surface area (Å²) in [4.78, 5) is 20.0. The van der Waals surface area contributed by atoms with E-state index in [-0.39, 0.29) is 47.8 Å². The highest BCUT2D eigenvalue weighted by Crippen LogP contribution is 2.44. The van der Waals surface area contributed by atoms with Crippen molar-refractivity contribution in [2.75, 3.05) is 64.6 Å². The molecular formula is C38H41F2N5O7. The third kappa shape index (κ3) is 8.35. The molecule has 0 aliphatic carbocycles. The number of amides is 1. The minimum atomic E-state index is -0.768. The van der Waals surface area contributed by atoms with Gasteiger partial charge in [0.1, 0.15) is 19.0 Å². The van der Waals surface area contributed by atoms with Gasteiger partial charge >= 0.3 is 0 Å². The third-order valence-corrected chi connectivity index (χ3v) is 8.38. The van der Waals surface area contributed by atoms with Gasteiger partial charge in [-0.1, -0.05) is 6.58 Å². The van der Waals surface area contributed by atoms with E-state index >= 15 is 4.39 Å². The number of hydrogen-bond acceptors (Lipinski definition) is 10. The standard InChI is InChI=1S/C38H41F2N5O7/c1-5-41-38(33-25(4)21-31(35-36(33)51-19-18-50-35)49-15-7-12-44-13-16-47-17-14-44)52-30-11-9-27(22-28(30)40)42-37(46)34-32(48-6-2)23-45(43-34)29-10-8-26(39)20-24(29)3/h5,8-11,20-23H,1,6-7,12-19H2,2-4H3,(H,42,46)/b41-38+. The van der Waals surface area contributed by atoms with Crippen molar-refractivity contribution in [3.8, 4) is 34.4 Å². The van der Waals surface area contributed by atoms with Gasteiger partial charge in [-0.25, -0.2) is 18.5 Å². The van der Waals surface area contributed by atoms with Crippen LogP contribution in [0.15, 0.2) is 66.4 Å². The van der Waals surface area contributed by atoms with E-state index in [1.807, 2.05) is 13.0 Å². The van der Waals surface area contributed by atoms with Crippen molar-refractivity contribution in [3.63, 3.8) is 0 Å². The maximum Gasteiger partial charge on any atom is 0.280 e. The van der Waals surface area contributed by atoms with Gasteiger partial charge in [-0.15, -0.1) is 0 Å². The van der Waals surface area contributed by atoms with Gasteiger partial charge < -0.3 is 33.7 Å². The number of rotatable bonds is 13. The second kappa shape index (κ2) is 16.7. The van der Waals surface area contributed by atoms with Crippen molar-refractivity contribution in [1.82, 2.24) is 14.7 Å². The minimum absolute atomic E-state index is 0.0290. The van der Waals surface area contributed by atoms with Crippen molar-refractivity contribution in [3.05, 3.63) is 95.5 Å². The molecule has 2 aliphatic heterocycles. The average Bonchev–Trinajstić information content (AvgIpc) is 3.55. The van der Waals surface area contributed by atoms with E-state index in [0.717, 1.165) is 45.3 Å². The number of morpholine rings is 1. The lowest BCUT2D eigenvalue weighted by Crippen LogP contribution is -2.37. The summed E-state index contributed by atoms with van der Waals surface area (Å²) >= 11 is 0. The van der Waals surface area contributed by atoms with Gasteiger partial charge in [-0.05, 0) is 74.7 Å². The number of ether oxygens (including phenoxy) is 6. The Kier molecular flexibility index (Phi) is 11.7. The molecule has 6 rings (SSSR count). The zero-order valence-electron chi connectivity index (χ0n) is 29.4. The van der Waals surface area contributed by atoms with Crippen LogP contribution >= 0.6 is 0 Å². The van der Waals surface area contributed by atoms with Gasteiger partial charge in [-0.2, -0.15) is 5.10 Å². The van der Waals surface area contributed by atoms with Crippen molar-refractivity contribution in [1.29, 1.82) is 0 Å². The van der Waals surface area contributed by atoms with Gasteiger partial charge in [0, 0.05) is 37.6 Å². The maximum absolute atomic E-state index is 15.6. The molecule has 4 aromatic rings. The molecule has 0 unspecified atom stereocenters. The molecule has 14 heteroatoms. The summed E-state index contributed by atoms with van der Waals surface area (Å²) in [6.45, 7) is 14.6. The first-order chi connectivity index (χ1) is 25.2. The number of halogens is 2. The summed E-state index contributed by atoms with van der Waals surface area (Å²) in [7, 11) is 0.